The molecule has 1 aliphatic carbocycles. The van der Waals surface area contributed by atoms with Crippen LogP contribution >= 0.6 is 0 Å². The van der Waals surface area contributed by atoms with Gasteiger partial charge in [-0.15, -0.1) is 10.2 Å². The Hall–Kier alpha value is -1.80. The van der Waals surface area contributed by atoms with Crippen LogP contribution in [0.25, 0.3) is 11.5 Å². The Kier molecular flexibility index (Phi) is 3.46. The Morgan fingerprint density at radius 2 is 2.17 bits per heavy atom. The summed E-state index contributed by atoms with van der Waals surface area (Å²) in [4.78, 5) is 0. The first-order valence-corrected chi connectivity index (χ1v) is 9.20. The molecular weight excluding hydrogens is 321 g/mol. The van der Waals surface area contributed by atoms with Gasteiger partial charge < -0.3 is 4.42 Å². The lowest BCUT2D eigenvalue weighted by atomic mass is 10.1. The van der Waals surface area contributed by atoms with Crippen molar-refractivity contribution < 1.29 is 17.2 Å². The lowest BCUT2D eigenvalue weighted by Crippen LogP contribution is -2.44. The van der Waals surface area contributed by atoms with Crippen molar-refractivity contribution in [2.75, 3.05) is 5.75 Å². The molecule has 0 radical (unpaired) electrons. The predicted molar refractivity (Wildman–Crippen MR) is 80.2 cm³/mol. The van der Waals surface area contributed by atoms with E-state index in [1.807, 2.05) is 0 Å². The monoisotopic (exact) mass is 337 g/mol. The SMILES string of the molecule is O=S1(=O)C[C@H]2CC[C@H](C2)N1Cc1nnc(-c2cccc(F)c2)o1. The second-order valence-electron chi connectivity index (χ2n) is 6.17. The maximum Gasteiger partial charge on any atom is 0.247 e. The van der Waals surface area contributed by atoms with Crippen molar-refractivity contribution in [3.8, 4) is 11.5 Å². The van der Waals surface area contributed by atoms with Gasteiger partial charge in [0.2, 0.25) is 21.8 Å². The van der Waals surface area contributed by atoms with Crippen molar-refractivity contribution in [1.29, 1.82) is 0 Å². The van der Waals surface area contributed by atoms with Crippen LogP contribution in [0.2, 0.25) is 0 Å². The first-order valence-electron chi connectivity index (χ1n) is 7.59. The minimum absolute atomic E-state index is 0.0308. The van der Waals surface area contributed by atoms with E-state index in [2.05, 4.69) is 10.2 Å². The highest BCUT2D eigenvalue weighted by atomic mass is 32.2. The van der Waals surface area contributed by atoms with Crippen molar-refractivity contribution in [1.82, 2.24) is 14.5 Å². The summed E-state index contributed by atoms with van der Waals surface area (Å²) >= 11 is 0. The summed E-state index contributed by atoms with van der Waals surface area (Å²) in [6.07, 6.45) is 2.75. The van der Waals surface area contributed by atoms with E-state index >= 15 is 0 Å². The van der Waals surface area contributed by atoms with Crippen molar-refractivity contribution in [3.63, 3.8) is 0 Å². The number of halogens is 1. The number of sulfonamides is 1. The standard InChI is InChI=1S/C15H16FN3O3S/c16-12-3-1-2-11(7-12)15-18-17-14(22-15)8-19-13-5-4-10(6-13)9-23(19,20)21/h1-3,7,10,13H,4-6,8-9H2/t10-,13+/m0/s1. The molecular formula is C15H16FN3O3S. The molecule has 2 aromatic rings. The maximum atomic E-state index is 13.3. The lowest BCUT2D eigenvalue weighted by Gasteiger charge is -2.31. The van der Waals surface area contributed by atoms with Crippen LogP contribution in [0.1, 0.15) is 25.2 Å². The highest BCUT2D eigenvalue weighted by molar-refractivity contribution is 7.89. The molecule has 4 rings (SSSR count). The van der Waals surface area contributed by atoms with Crippen molar-refractivity contribution in [3.05, 3.63) is 36.0 Å². The van der Waals surface area contributed by atoms with Gasteiger partial charge in [0, 0.05) is 11.6 Å². The number of benzene rings is 1. The van der Waals surface area contributed by atoms with Gasteiger partial charge in [0.15, 0.2) is 0 Å². The third-order valence-corrected chi connectivity index (χ3v) is 6.59. The van der Waals surface area contributed by atoms with Crippen LogP contribution in [0.5, 0.6) is 0 Å². The maximum absolute atomic E-state index is 13.3. The quantitative estimate of drug-likeness (QED) is 0.858. The largest absolute Gasteiger partial charge is 0.419 e. The Balaban J connectivity index is 1.58. The average Bonchev–Trinajstić information content (AvgIpc) is 3.11. The Morgan fingerprint density at radius 3 is 3.00 bits per heavy atom. The summed E-state index contributed by atoms with van der Waals surface area (Å²) in [5, 5.41) is 7.82. The molecule has 0 amide bonds. The van der Waals surface area contributed by atoms with E-state index in [4.69, 9.17) is 4.42 Å². The summed E-state index contributed by atoms with van der Waals surface area (Å²) in [5.74, 6) is 0.523. The zero-order valence-electron chi connectivity index (χ0n) is 12.4. The van der Waals surface area contributed by atoms with Crippen molar-refractivity contribution in [2.45, 2.75) is 31.8 Å². The number of fused-ring (bicyclic) bond motifs is 2. The minimum Gasteiger partial charge on any atom is -0.419 e. The van der Waals surface area contributed by atoms with Crippen LogP contribution in [0.4, 0.5) is 4.39 Å². The number of aromatic nitrogens is 2. The van der Waals surface area contributed by atoms with Crippen LogP contribution in [-0.2, 0) is 16.6 Å². The third-order valence-electron chi connectivity index (χ3n) is 4.55. The number of hydrogen-bond donors (Lipinski definition) is 0. The number of hydrogen-bond acceptors (Lipinski definition) is 5. The molecule has 2 aliphatic rings. The fourth-order valence-corrected chi connectivity index (χ4v) is 5.54. The van der Waals surface area contributed by atoms with Crippen LogP contribution in [0.3, 0.4) is 0 Å². The van der Waals surface area contributed by atoms with Gasteiger partial charge >= 0.3 is 0 Å². The minimum atomic E-state index is -3.27. The van der Waals surface area contributed by atoms with Gasteiger partial charge in [-0.25, -0.2) is 12.8 Å². The Bertz CT molecular complexity index is 836. The molecule has 2 bridgehead atoms. The molecule has 6 nitrogen and oxygen atoms in total. The molecule has 122 valence electrons. The predicted octanol–water partition coefficient (Wildman–Crippen LogP) is 2.19. The molecule has 1 aromatic carbocycles. The smallest absolute Gasteiger partial charge is 0.247 e. The second kappa shape index (κ2) is 5.38. The van der Waals surface area contributed by atoms with Crippen LogP contribution < -0.4 is 0 Å². The fraction of sp³-hybridized carbons (Fsp3) is 0.467. The highest BCUT2D eigenvalue weighted by Gasteiger charge is 2.43. The summed E-state index contributed by atoms with van der Waals surface area (Å²) < 4.78 is 45.0. The highest BCUT2D eigenvalue weighted by Crippen LogP contribution is 2.38. The number of nitrogens with zero attached hydrogens (tertiary/aromatic N) is 3. The van der Waals surface area contributed by atoms with Gasteiger partial charge in [0.05, 0.1) is 12.3 Å². The summed E-state index contributed by atoms with van der Waals surface area (Å²) in [6, 6.07) is 5.89. The second-order valence-corrected chi connectivity index (χ2v) is 8.13. The van der Waals surface area contributed by atoms with E-state index in [0.29, 0.717) is 5.56 Å². The summed E-state index contributed by atoms with van der Waals surface area (Å²) in [6.45, 7) is 0.0854. The van der Waals surface area contributed by atoms with Gasteiger partial charge in [-0.2, -0.15) is 4.31 Å². The molecule has 0 N–H and O–H groups in total. The molecule has 1 saturated heterocycles. The molecule has 23 heavy (non-hydrogen) atoms. The van der Waals surface area contributed by atoms with E-state index in [0.717, 1.165) is 19.3 Å². The van der Waals surface area contributed by atoms with Gasteiger partial charge in [-0.3, -0.25) is 0 Å². The lowest BCUT2D eigenvalue weighted by molar-refractivity contribution is 0.270. The topological polar surface area (TPSA) is 76.3 Å². The van der Waals surface area contributed by atoms with E-state index in [1.165, 1.54) is 16.4 Å². The average molecular weight is 337 g/mol. The zero-order valence-corrected chi connectivity index (χ0v) is 13.2. The molecule has 2 atom stereocenters. The first-order chi connectivity index (χ1) is 11.0. The normalized spacial score (nSPS) is 26.5. The molecule has 8 heteroatoms. The van der Waals surface area contributed by atoms with Gasteiger partial charge in [0.25, 0.3) is 0 Å². The van der Waals surface area contributed by atoms with Crippen LogP contribution in [-0.4, -0.2) is 34.7 Å². The van der Waals surface area contributed by atoms with Crippen molar-refractivity contribution >= 4 is 10.0 Å². The molecule has 0 unspecified atom stereocenters. The van der Waals surface area contributed by atoms with Gasteiger partial charge in [-0.1, -0.05) is 6.07 Å². The van der Waals surface area contributed by atoms with E-state index in [-0.39, 0.29) is 36.0 Å². The molecule has 1 aliphatic heterocycles. The van der Waals surface area contributed by atoms with E-state index < -0.39 is 15.8 Å². The molecule has 1 saturated carbocycles. The Morgan fingerprint density at radius 1 is 1.30 bits per heavy atom. The van der Waals surface area contributed by atoms with Crippen molar-refractivity contribution in [2.24, 2.45) is 5.92 Å². The zero-order chi connectivity index (χ0) is 16.0. The van der Waals surface area contributed by atoms with Gasteiger partial charge in [-0.05, 0) is 43.4 Å². The molecule has 1 aromatic heterocycles. The number of rotatable bonds is 3. The molecule has 0 spiro atoms. The summed E-state index contributed by atoms with van der Waals surface area (Å²) in [5.41, 5.74) is 0.478. The van der Waals surface area contributed by atoms with E-state index in [9.17, 15) is 12.8 Å². The van der Waals surface area contributed by atoms with Crippen LogP contribution in [0.15, 0.2) is 28.7 Å². The first kappa shape index (κ1) is 14.8. The van der Waals surface area contributed by atoms with Crippen LogP contribution in [0, 0.1) is 11.7 Å². The van der Waals surface area contributed by atoms with E-state index in [1.54, 1.807) is 12.1 Å². The summed E-state index contributed by atoms with van der Waals surface area (Å²) in [7, 11) is -3.27. The van der Waals surface area contributed by atoms with Gasteiger partial charge in [0.1, 0.15) is 5.82 Å². The molecule has 2 fully saturated rings. The Labute approximate surface area is 133 Å². The third kappa shape index (κ3) is 2.76. The fourth-order valence-electron chi connectivity index (χ4n) is 3.50. The molecule has 2 heterocycles.